The van der Waals surface area contributed by atoms with Gasteiger partial charge >= 0.3 is 0 Å². The lowest BCUT2D eigenvalue weighted by Gasteiger charge is -2.09. The van der Waals surface area contributed by atoms with Crippen molar-refractivity contribution in [2.24, 2.45) is 5.10 Å². The Morgan fingerprint density at radius 2 is 1.59 bits per heavy atom. The highest BCUT2D eigenvalue weighted by atomic mass is 79.9. The molecule has 156 valence electrons. The van der Waals surface area contributed by atoms with Crippen LogP contribution in [0, 0.1) is 0 Å². The number of aromatic nitrogens is 1. The molecule has 0 fully saturated rings. The molecule has 5 aromatic rings. The van der Waals surface area contributed by atoms with E-state index in [-0.39, 0.29) is 5.91 Å². The number of hydrazone groups is 1. The molecule has 0 spiro atoms. The first kappa shape index (κ1) is 20.2. The number of carbonyl (C=O) groups excluding carboxylic acids is 1. The minimum absolute atomic E-state index is 0.256. The molecule has 5 rings (SSSR count). The monoisotopic (exact) mass is 481 g/mol. The van der Waals surface area contributed by atoms with Crippen molar-refractivity contribution in [2.45, 2.75) is 6.54 Å². The SMILES string of the molecule is O=C(N/N=C/c1cn(Cc2cccc3ccccc23)c2ccccc12)c1ccccc1Br. The number of hydrogen-bond acceptors (Lipinski definition) is 2. The van der Waals surface area contributed by atoms with Crippen molar-refractivity contribution in [3.63, 3.8) is 0 Å². The van der Waals surface area contributed by atoms with Crippen molar-refractivity contribution >= 4 is 49.7 Å². The summed E-state index contributed by atoms with van der Waals surface area (Å²) in [5.41, 5.74) is 6.51. The molecule has 0 radical (unpaired) electrons. The zero-order chi connectivity index (χ0) is 21.9. The molecular formula is C27H20BrN3O. The highest BCUT2D eigenvalue weighted by Crippen LogP contribution is 2.24. The fraction of sp³-hybridized carbons (Fsp3) is 0.0370. The van der Waals surface area contributed by atoms with E-state index in [1.165, 1.54) is 16.3 Å². The van der Waals surface area contributed by atoms with Crippen molar-refractivity contribution in [1.82, 2.24) is 9.99 Å². The van der Waals surface area contributed by atoms with Gasteiger partial charge in [0.2, 0.25) is 0 Å². The standard InChI is InChI=1S/C27H20BrN3O/c28-25-14-5-3-13-24(25)27(32)30-29-16-21-18-31(26-15-6-4-12-23(21)26)17-20-10-7-9-19-8-1-2-11-22(19)20/h1-16,18H,17H2,(H,30,32)/b29-16+. The van der Waals surface area contributed by atoms with E-state index in [0.717, 1.165) is 27.5 Å². The molecule has 0 saturated carbocycles. The first-order valence-electron chi connectivity index (χ1n) is 10.3. The van der Waals surface area contributed by atoms with Crippen molar-refractivity contribution < 1.29 is 4.79 Å². The van der Waals surface area contributed by atoms with Gasteiger partial charge in [0.15, 0.2) is 0 Å². The van der Waals surface area contributed by atoms with Crippen LogP contribution in [0.2, 0.25) is 0 Å². The van der Waals surface area contributed by atoms with E-state index in [2.05, 4.69) is 91.8 Å². The third-order valence-corrected chi connectivity index (χ3v) is 6.22. The predicted octanol–water partition coefficient (Wildman–Crippen LogP) is 6.37. The maximum Gasteiger partial charge on any atom is 0.272 e. The van der Waals surface area contributed by atoms with Crippen LogP contribution >= 0.6 is 15.9 Å². The van der Waals surface area contributed by atoms with Crippen LogP contribution in [-0.4, -0.2) is 16.7 Å². The predicted molar refractivity (Wildman–Crippen MR) is 134 cm³/mol. The fourth-order valence-corrected chi connectivity index (χ4v) is 4.45. The number of rotatable bonds is 5. The molecule has 1 aromatic heterocycles. The Balaban J connectivity index is 1.45. The maximum absolute atomic E-state index is 12.4. The molecule has 5 heteroatoms. The van der Waals surface area contributed by atoms with E-state index in [4.69, 9.17) is 0 Å². The number of para-hydroxylation sites is 1. The number of nitrogens with zero attached hydrogens (tertiary/aromatic N) is 2. The molecule has 1 amide bonds. The number of amides is 1. The van der Waals surface area contributed by atoms with E-state index in [9.17, 15) is 4.79 Å². The van der Waals surface area contributed by atoms with Crippen LogP contribution < -0.4 is 5.43 Å². The van der Waals surface area contributed by atoms with Gasteiger partial charge in [0.1, 0.15) is 0 Å². The molecule has 4 aromatic carbocycles. The lowest BCUT2D eigenvalue weighted by atomic mass is 10.0. The Morgan fingerprint density at radius 1 is 0.875 bits per heavy atom. The lowest BCUT2D eigenvalue weighted by molar-refractivity contribution is 0.0954. The van der Waals surface area contributed by atoms with Crippen LogP contribution in [0.1, 0.15) is 21.5 Å². The van der Waals surface area contributed by atoms with Gasteiger partial charge in [-0.05, 0) is 50.5 Å². The Morgan fingerprint density at radius 3 is 2.47 bits per heavy atom. The minimum atomic E-state index is -0.256. The van der Waals surface area contributed by atoms with Gasteiger partial charge in [-0.2, -0.15) is 5.10 Å². The molecule has 0 bridgehead atoms. The van der Waals surface area contributed by atoms with Crippen LogP contribution in [-0.2, 0) is 6.54 Å². The lowest BCUT2D eigenvalue weighted by Crippen LogP contribution is -2.18. The second-order valence-corrected chi connectivity index (χ2v) is 8.40. The van der Waals surface area contributed by atoms with Gasteiger partial charge in [-0.15, -0.1) is 0 Å². The van der Waals surface area contributed by atoms with Gasteiger partial charge in [0.25, 0.3) is 5.91 Å². The second-order valence-electron chi connectivity index (χ2n) is 7.55. The summed E-state index contributed by atoms with van der Waals surface area (Å²) in [5, 5.41) is 7.80. The van der Waals surface area contributed by atoms with Crippen LogP contribution in [0.4, 0.5) is 0 Å². The third-order valence-electron chi connectivity index (χ3n) is 5.53. The number of halogens is 1. The van der Waals surface area contributed by atoms with E-state index >= 15 is 0 Å². The molecule has 1 N–H and O–H groups in total. The average molecular weight is 482 g/mol. The molecule has 1 heterocycles. The summed E-state index contributed by atoms with van der Waals surface area (Å²) in [6.07, 6.45) is 3.79. The quantitative estimate of drug-likeness (QED) is 0.230. The number of fused-ring (bicyclic) bond motifs is 2. The first-order chi connectivity index (χ1) is 15.7. The Bertz CT molecular complexity index is 1460. The van der Waals surface area contributed by atoms with Gasteiger partial charge in [-0.3, -0.25) is 4.79 Å². The summed E-state index contributed by atoms with van der Waals surface area (Å²) in [6, 6.07) is 30.4. The van der Waals surface area contributed by atoms with Gasteiger partial charge < -0.3 is 4.57 Å². The highest BCUT2D eigenvalue weighted by molar-refractivity contribution is 9.10. The first-order valence-corrected chi connectivity index (χ1v) is 11.1. The largest absolute Gasteiger partial charge is 0.342 e. The topological polar surface area (TPSA) is 46.4 Å². The second kappa shape index (κ2) is 8.81. The zero-order valence-corrected chi connectivity index (χ0v) is 18.8. The van der Waals surface area contributed by atoms with Crippen LogP contribution in [0.15, 0.2) is 107 Å². The molecule has 32 heavy (non-hydrogen) atoms. The van der Waals surface area contributed by atoms with E-state index < -0.39 is 0 Å². The maximum atomic E-state index is 12.4. The average Bonchev–Trinajstić information content (AvgIpc) is 3.17. The normalized spacial score (nSPS) is 11.4. The molecule has 0 unspecified atom stereocenters. The van der Waals surface area contributed by atoms with Crippen molar-refractivity contribution in [3.05, 3.63) is 118 Å². The Kier molecular flexibility index (Phi) is 5.57. The molecular weight excluding hydrogens is 462 g/mol. The Labute approximate surface area is 194 Å². The summed E-state index contributed by atoms with van der Waals surface area (Å²) in [4.78, 5) is 12.4. The summed E-state index contributed by atoms with van der Waals surface area (Å²) >= 11 is 3.40. The summed E-state index contributed by atoms with van der Waals surface area (Å²) < 4.78 is 2.97. The number of benzene rings is 4. The van der Waals surface area contributed by atoms with Gasteiger partial charge in [0, 0.05) is 33.7 Å². The van der Waals surface area contributed by atoms with Crippen LogP contribution in [0.25, 0.3) is 21.7 Å². The van der Waals surface area contributed by atoms with Gasteiger partial charge in [-0.25, -0.2) is 5.43 Å². The smallest absolute Gasteiger partial charge is 0.272 e. The number of nitrogens with one attached hydrogen (secondary N) is 1. The van der Waals surface area contributed by atoms with Crippen molar-refractivity contribution in [1.29, 1.82) is 0 Å². The van der Waals surface area contributed by atoms with Crippen LogP contribution in [0.3, 0.4) is 0 Å². The van der Waals surface area contributed by atoms with E-state index in [0.29, 0.717) is 5.56 Å². The number of carbonyl (C=O) groups is 1. The molecule has 0 aliphatic carbocycles. The fourth-order valence-electron chi connectivity index (χ4n) is 3.99. The van der Waals surface area contributed by atoms with E-state index in [1.54, 1.807) is 12.3 Å². The summed E-state index contributed by atoms with van der Waals surface area (Å²) in [6.45, 7) is 0.749. The summed E-state index contributed by atoms with van der Waals surface area (Å²) in [5.74, 6) is -0.256. The zero-order valence-electron chi connectivity index (χ0n) is 17.2. The summed E-state index contributed by atoms with van der Waals surface area (Å²) in [7, 11) is 0. The van der Waals surface area contributed by atoms with Crippen LogP contribution in [0.5, 0.6) is 0 Å². The third kappa shape index (κ3) is 3.95. The highest BCUT2D eigenvalue weighted by Gasteiger charge is 2.10. The molecule has 4 nitrogen and oxygen atoms in total. The molecule has 0 aliphatic heterocycles. The molecule has 0 aliphatic rings. The molecule has 0 atom stereocenters. The number of hydrogen-bond donors (Lipinski definition) is 1. The van der Waals surface area contributed by atoms with E-state index in [1.807, 2.05) is 30.3 Å². The Hall–Kier alpha value is -3.70. The van der Waals surface area contributed by atoms with Crippen molar-refractivity contribution in [2.75, 3.05) is 0 Å². The molecule has 0 saturated heterocycles. The minimum Gasteiger partial charge on any atom is -0.342 e. The van der Waals surface area contributed by atoms with Crippen molar-refractivity contribution in [3.8, 4) is 0 Å². The van der Waals surface area contributed by atoms with Gasteiger partial charge in [-0.1, -0.05) is 72.8 Å². The van der Waals surface area contributed by atoms with Gasteiger partial charge in [0.05, 0.1) is 11.8 Å².